The summed E-state index contributed by atoms with van der Waals surface area (Å²) in [6, 6.07) is 20.0. The van der Waals surface area contributed by atoms with Crippen molar-refractivity contribution in [2.45, 2.75) is 32.4 Å². The van der Waals surface area contributed by atoms with Crippen LogP contribution in [-0.2, 0) is 6.54 Å². The summed E-state index contributed by atoms with van der Waals surface area (Å²) in [6.07, 6.45) is 2.69. The van der Waals surface area contributed by atoms with Crippen LogP contribution in [0.1, 0.15) is 35.6 Å². The lowest BCUT2D eigenvalue weighted by atomic mass is 10.1. The van der Waals surface area contributed by atoms with Gasteiger partial charge in [-0.05, 0) is 44.0 Å². The first-order valence-corrected chi connectivity index (χ1v) is 8.37. The Morgan fingerprint density at radius 2 is 1.77 bits per heavy atom. The van der Waals surface area contributed by atoms with Gasteiger partial charge < -0.3 is 10.2 Å². The van der Waals surface area contributed by atoms with E-state index in [9.17, 15) is 0 Å². The smallest absolute Gasteiger partial charge is 0.0451 e. The minimum absolute atomic E-state index is 0.403. The fourth-order valence-electron chi connectivity index (χ4n) is 3.26. The molecule has 2 nitrogen and oxygen atoms in total. The molecule has 0 aromatic heterocycles. The Morgan fingerprint density at radius 1 is 1.00 bits per heavy atom. The highest BCUT2D eigenvalue weighted by Gasteiger charge is 2.18. The lowest BCUT2D eigenvalue weighted by molar-refractivity contribution is 0.291. The molecule has 0 saturated carbocycles. The van der Waals surface area contributed by atoms with Gasteiger partial charge in [-0.15, -0.1) is 0 Å². The molecular weight excluding hydrogens is 268 g/mol. The molecule has 0 aliphatic carbocycles. The molecule has 1 heterocycles. The van der Waals surface area contributed by atoms with Gasteiger partial charge in [0, 0.05) is 19.1 Å². The first kappa shape index (κ1) is 15.3. The summed E-state index contributed by atoms with van der Waals surface area (Å²) in [4.78, 5) is 2.58. The van der Waals surface area contributed by atoms with Crippen molar-refractivity contribution in [2.24, 2.45) is 0 Å². The third-order valence-electron chi connectivity index (χ3n) is 4.48. The number of likely N-dealkylation sites (tertiary alicyclic amines) is 1. The molecule has 1 aliphatic heterocycles. The predicted molar refractivity (Wildman–Crippen MR) is 92.9 cm³/mol. The summed E-state index contributed by atoms with van der Waals surface area (Å²) in [6.45, 7) is 6.68. The Balaban J connectivity index is 1.67. The summed E-state index contributed by atoms with van der Waals surface area (Å²) in [5.41, 5.74) is 4.08. The van der Waals surface area contributed by atoms with E-state index in [1.807, 2.05) is 0 Å². The van der Waals surface area contributed by atoms with Crippen LogP contribution < -0.4 is 5.32 Å². The van der Waals surface area contributed by atoms with Crippen LogP contribution in [0.25, 0.3) is 0 Å². The Hall–Kier alpha value is -1.64. The molecule has 0 radical (unpaired) electrons. The Morgan fingerprint density at radius 3 is 2.50 bits per heavy atom. The van der Waals surface area contributed by atoms with Crippen LogP contribution in [-0.4, -0.2) is 24.5 Å². The van der Waals surface area contributed by atoms with Crippen molar-refractivity contribution in [1.82, 2.24) is 10.2 Å². The van der Waals surface area contributed by atoms with Crippen LogP contribution in [0.2, 0.25) is 0 Å². The summed E-state index contributed by atoms with van der Waals surface area (Å²) in [5.74, 6) is 0. The molecule has 0 spiro atoms. The number of benzene rings is 2. The molecule has 2 aromatic rings. The van der Waals surface area contributed by atoms with E-state index in [1.54, 1.807) is 0 Å². The molecule has 3 rings (SSSR count). The summed E-state index contributed by atoms with van der Waals surface area (Å²) >= 11 is 0. The van der Waals surface area contributed by atoms with Crippen LogP contribution >= 0.6 is 0 Å². The van der Waals surface area contributed by atoms with E-state index in [0.717, 1.165) is 13.1 Å². The first-order valence-electron chi connectivity index (χ1n) is 8.37. The van der Waals surface area contributed by atoms with Gasteiger partial charge in [-0.25, -0.2) is 0 Å². The zero-order valence-corrected chi connectivity index (χ0v) is 13.5. The Labute approximate surface area is 134 Å². The van der Waals surface area contributed by atoms with Crippen molar-refractivity contribution in [2.75, 3.05) is 19.6 Å². The van der Waals surface area contributed by atoms with Gasteiger partial charge in [0.1, 0.15) is 0 Å². The molecule has 0 amide bonds. The largest absolute Gasteiger partial charge is 0.305 e. The van der Waals surface area contributed by atoms with Crippen molar-refractivity contribution in [3.8, 4) is 0 Å². The van der Waals surface area contributed by atoms with Gasteiger partial charge in [-0.1, -0.05) is 60.2 Å². The highest BCUT2D eigenvalue weighted by molar-refractivity contribution is 5.23. The third-order valence-corrected chi connectivity index (χ3v) is 4.48. The van der Waals surface area contributed by atoms with Gasteiger partial charge in [0.2, 0.25) is 0 Å². The standard InChI is InChI=1S/C20H26N2/c1-17-8-7-9-18(14-17)15-21-20(16-22-12-5-6-13-22)19-10-3-2-4-11-19/h2-4,7-11,14,20-21H,5-6,12-13,15-16H2,1H3. The van der Waals surface area contributed by atoms with Crippen LogP contribution in [0.3, 0.4) is 0 Å². The fourth-order valence-corrected chi connectivity index (χ4v) is 3.26. The van der Waals surface area contributed by atoms with Gasteiger partial charge in [-0.2, -0.15) is 0 Å². The van der Waals surface area contributed by atoms with Crippen molar-refractivity contribution >= 4 is 0 Å². The number of hydrogen-bond donors (Lipinski definition) is 1. The lowest BCUT2D eigenvalue weighted by Crippen LogP contribution is -2.33. The number of rotatable bonds is 6. The number of aryl methyl sites for hydroxylation is 1. The molecule has 1 atom stereocenters. The molecule has 1 saturated heterocycles. The topological polar surface area (TPSA) is 15.3 Å². The zero-order chi connectivity index (χ0) is 15.2. The fraction of sp³-hybridized carbons (Fsp3) is 0.400. The van der Waals surface area contributed by atoms with Crippen molar-refractivity contribution in [3.63, 3.8) is 0 Å². The number of nitrogens with one attached hydrogen (secondary N) is 1. The molecule has 1 N–H and O–H groups in total. The van der Waals surface area contributed by atoms with E-state index in [1.165, 1.54) is 42.6 Å². The average Bonchev–Trinajstić information content (AvgIpc) is 3.05. The summed E-state index contributed by atoms with van der Waals surface area (Å²) < 4.78 is 0. The summed E-state index contributed by atoms with van der Waals surface area (Å²) in [7, 11) is 0. The predicted octanol–water partition coefficient (Wildman–Crippen LogP) is 3.92. The molecule has 1 unspecified atom stereocenters. The van der Waals surface area contributed by atoms with E-state index in [-0.39, 0.29) is 0 Å². The molecule has 2 aromatic carbocycles. The average molecular weight is 294 g/mol. The van der Waals surface area contributed by atoms with Gasteiger partial charge in [0.15, 0.2) is 0 Å². The summed E-state index contributed by atoms with van der Waals surface area (Å²) in [5, 5.41) is 3.76. The van der Waals surface area contributed by atoms with E-state index in [0.29, 0.717) is 6.04 Å². The highest BCUT2D eigenvalue weighted by Crippen LogP contribution is 2.18. The maximum atomic E-state index is 3.76. The van der Waals surface area contributed by atoms with Crippen molar-refractivity contribution in [3.05, 3.63) is 71.3 Å². The first-order chi connectivity index (χ1) is 10.8. The zero-order valence-electron chi connectivity index (χ0n) is 13.5. The lowest BCUT2D eigenvalue weighted by Gasteiger charge is -2.25. The Bertz CT molecular complexity index is 573. The van der Waals surface area contributed by atoms with E-state index >= 15 is 0 Å². The van der Waals surface area contributed by atoms with Crippen LogP contribution in [0.15, 0.2) is 54.6 Å². The molecule has 0 bridgehead atoms. The van der Waals surface area contributed by atoms with E-state index < -0.39 is 0 Å². The molecule has 1 fully saturated rings. The van der Waals surface area contributed by atoms with Crippen molar-refractivity contribution in [1.29, 1.82) is 0 Å². The Kier molecular flexibility index (Phi) is 5.25. The molecule has 116 valence electrons. The molecule has 2 heteroatoms. The third kappa shape index (κ3) is 4.19. The second-order valence-electron chi connectivity index (χ2n) is 6.34. The van der Waals surface area contributed by atoms with E-state index in [4.69, 9.17) is 0 Å². The SMILES string of the molecule is Cc1cccc(CNC(CN2CCCC2)c2ccccc2)c1. The minimum Gasteiger partial charge on any atom is -0.305 e. The minimum atomic E-state index is 0.403. The normalized spacial score (nSPS) is 16.8. The monoisotopic (exact) mass is 294 g/mol. The van der Waals surface area contributed by atoms with Crippen LogP contribution in [0, 0.1) is 6.92 Å². The second kappa shape index (κ2) is 7.57. The molecular formula is C20H26N2. The van der Waals surface area contributed by atoms with E-state index in [2.05, 4.69) is 71.7 Å². The van der Waals surface area contributed by atoms with Gasteiger partial charge in [0.05, 0.1) is 0 Å². The van der Waals surface area contributed by atoms with Crippen LogP contribution in [0.5, 0.6) is 0 Å². The quantitative estimate of drug-likeness (QED) is 0.868. The second-order valence-corrected chi connectivity index (χ2v) is 6.34. The maximum absolute atomic E-state index is 3.76. The molecule has 22 heavy (non-hydrogen) atoms. The van der Waals surface area contributed by atoms with Crippen molar-refractivity contribution < 1.29 is 0 Å². The highest BCUT2D eigenvalue weighted by atomic mass is 15.2. The van der Waals surface area contributed by atoms with Gasteiger partial charge in [0.25, 0.3) is 0 Å². The number of hydrogen-bond acceptors (Lipinski definition) is 2. The van der Waals surface area contributed by atoms with Gasteiger partial charge in [-0.3, -0.25) is 0 Å². The van der Waals surface area contributed by atoms with Gasteiger partial charge >= 0.3 is 0 Å². The maximum Gasteiger partial charge on any atom is 0.0451 e. The van der Waals surface area contributed by atoms with Crippen LogP contribution in [0.4, 0.5) is 0 Å². The number of nitrogens with zero attached hydrogens (tertiary/aromatic N) is 1. The molecule has 1 aliphatic rings.